The molecule has 0 aliphatic heterocycles. The Balaban J connectivity index is 2.27. The van der Waals surface area contributed by atoms with Gasteiger partial charge in [-0.15, -0.1) is 0 Å². The number of aryl methyl sites for hydroxylation is 1. The predicted octanol–water partition coefficient (Wildman–Crippen LogP) is 3.39. The lowest BCUT2D eigenvalue weighted by molar-refractivity contribution is -0.146. The Hall–Kier alpha value is -2.10. The van der Waals surface area contributed by atoms with Crippen LogP contribution in [0.3, 0.4) is 0 Å². The van der Waals surface area contributed by atoms with Crippen LogP contribution in [0.4, 0.5) is 0 Å². The van der Waals surface area contributed by atoms with Crippen molar-refractivity contribution < 1.29 is 14.3 Å². The van der Waals surface area contributed by atoms with Crippen molar-refractivity contribution in [3.05, 3.63) is 35.5 Å². The minimum Gasteiger partial charge on any atom is -0.454 e. The molecule has 4 nitrogen and oxygen atoms in total. The van der Waals surface area contributed by atoms with Crippen molar-refractivity contribution in [2.24, 2.45) is 0 Å². The number of esters is 1. The molecule has 0 aliphatic carbocycles. The van der Waals surface area contributed by atoms with E-state index >= 15 is 0 Å². The van der Waals surface area contributed by atoms with Crippen molar-refractivity contribution in [1.29, 1.82) is 0 Å². The molecular weight excluding hydrogens is 254 g/mol. The van der Waals surface area contributed by atoms with Crippen molar-refractivity contribution in [3.63, 3.8) is 0 Å². The summed E-state index contributed by atoms with van der Waals surface area (Å²) in [6, 6.07) is 7.62. The van der Waals surface area contributed by atoms with Crippen LogP contribution < -0.4 is 0 Å². The van der Waals surface area contributed by atoms with Crippen molar-refractivity contribution in [1.82, 2.24) is 4.98 Å². The lowest BCUT2D eigenvalue weighted by Crippen LogP contribution is -2.24. The van der Waals surface area contributed by atoms with E-state index < -0.39 is 6.10 Å². The third-order valence-corrected chi connectivity index (χ3v) is 3.27. The molecule has 0 unspecified atom stereocenters. The van der Waals surface area contributed by atoms with Gasteiger partial charge in [0.2, 0.25) is 5.78 Å². The highest BCUT2D eigenvalue weighted by Gasteiger charge is 2.23. The number of hydrogen-bond acceptors (Lipinski definition) is 3. The molecule has 0 amide bonds. The molecule has 0 bridgehead atoms. The number of ketones is 1. The van der Waals surface area contributed by atoms with E-state index in [1.54, 1.807) is 6.92 Å². The van der Waals surface area contributed by atoms with Crippen molar-refractivity contribution in [2.75, 3.05) is 0 Å². The van der Waals surface area contributed by atoms with Crippen LogP contribution in [0.1, 0.15) is 42.7 Å². The van der Waals surface area contributed by atoms with Crippen LogP contribution in [-0.2, 0) is 9.53 Å². The molecule has 0 radical (unpaired) electrons. The fourth-order valence-corrected chi connectivity index (χ4v) is 2.31. The molecular formula is C16H19NO3. The number of Topliss-reactive ketones (excluding diaryl/α,β-unsaturated/α-hetero) is 1. The maximum atomic E-state index is 12.5. The molecule has 0 saturated heterocycles. The molecule has 2 rings (SSSR count). The van der Waals surface area contributed by atoms with Gasteiger partial charge in [-0.3, -0.25) is 9.59 Å². The number of carbonyl (C=O) groups is 2. The molecule has 1 atom stereocenters. The summed E-state index contributed by atoms with van der Waals surface area (Å²) in [7, 11) is 0. The number of benzene rings is 1. The highest BCUT2D eigenvalue weighted by Crippen LogP contribution is 2.23. The van der Waals surface area contributed by atoms with Gasteiger partial charge in [0.15, 0.2) is 6.10 Å². The number of fused-ring (bicyclic) bond motifs is 1. The van der Waals surface area contributed by atoms with E-state index in [4.69, 9.17) is 4.74 Å². The molecule has 1 heterocycles. The van der Waals surface area contributed by atoms with E-state index in [0.29, 0.717) is 18.4 Å². The van der Waals surface area contributed by atoms with Crippen LogP contribution >= 0.6 is 0 Å². The molecule has 0 saturated carbocycles. The van der Waals surface area contributed by atoms with Gasteiger partial charge in [-0.2, -0.15) is 0 Å². The molecule has 1 aromatic heterocycles. The average Bonchev–Trinajstić information content (AvgIpc) is 2.73. The Morgan fingerprint density at radius 3 is 2.70 bits per heavy atom. The SMILES string of the molecule is CCCC(=O)O[C@@H](C)C(=O)c1c(C)[nH]c2ccccc12. The van der Waals surface area contributed by atoms with E-state index in [2.05, 4.69) is 4.98 Å². The van der Waals surface area contributed by atoms with E-state index in [1.165, 1.54) is 0 Å². The topological polar surface area (TPSA) is 59.2 Å². The van der Waals surface area contributed by atoms with Gasteiger partial charge in [0, 0.05) is 28.6 Å². The molecule has 0 spiro atoms. The normalized spacial score (nSPS) is 12.3. The third-order valence-electron chi connectivity index (χ3n) is 3.27. The van der Waals surface area contributed by atoms with Gasteiger partial charge >= 0.3 is 5.97 Å². The first-order valence-corrected chi connectivity index (χ1v) is 6.85. The summed E-state index contributed by atoms with van der Waals surface area (Å²) >= 11 is 0. The number of hydrogen-bond donors (Lipinski definition) is 1. The zero-order valence-electron chi connectivity index (χ0n) is 12.0. The second kappa shape index (κ2) is 5.90. The highest BCUT2D eigenvalue weighted by atomic mass is 16.5. The summed E-state index contributed by atoms with van der Waals surface area (Å²) in [6.07, 6.45) is 0.294. The lowest BCUT2D eigenvalue weighted by atomic mass is 10.0. The number of ether oxygens (including phenoxy) is 1. The number of aromatic nitrogens is 1. The van der Waals surface area contributed by atoms with Crippen molar-refractivity contribution >= 4 is 22.7 Å². The Kier molecular flexibility index (Phi) is 4.23. The first-order chi connectivity index (χ1) is 9.54. The standard InChI is InChI=1S/C16H19NO3/c1-4-7-14(18)20-11(3)16(19)15-10(2)17-13-9-6-5-8-12(13)15/h5-6,8-9,11,17H,4,7H2,1-3H3/t11-/m0/s1. The molecule has 106 valence electrons. The fourth-order valence-electron chi connectivity index (χ4n) is 2.31. The first kappa shape index (κ1) is 14.3. The Labute approximate surface area is 118 Å². The number of rotatable bonds is 5. The van der Waals surface area contributed by atoms with Crippen LogP contribution in [0.5, 0.6) is 0 Å². The second-order valence-electron chi connectivity index (χ2n) is 4.92. The molecule has 1 aromatic carbocycles. The van der Waals surface area contributed by atoms with Crippen LogP contribution in [0, 0.1) is 6.92 Å². The smallest absolute Gasteiger partial charge is 0.306 e. The summed E-state index contributed by atoms with van der Waals surface area (Å²) in [5, 5.41) is 0.869. The molecule has 1 N–H and O–H groups in total. The lowest BCUT2D eigenvalue weighted by Gasteiger charge is -2.12. The average molecular weight is 273 g/mol. The zero-order valence-corrected chi connectivity index (χ0v) is 12.0. The van der Waals surface area contributed by atoms with E-state index in [-0.39, 0.29) is 11.8 Å². The predicted molar refractivity (Wildman–Crippen MR) is 77.8 cm³/mol. The number of aromatic amines is 1. The molecule has 4 heteroatoms. The number of para-hydroxylation sites is 1. The van der Waals surface area contributed by atoms with E-state index in [1.807, 2.05) is 38.1 Å². The van der Waals surface area contributed by atoms with Crippen LogP contribution in [0.15, 0.2) is 24.3 Å². The summed E-state index contributed by atoms with van der Waals surface area (Å²) in [5.41, 5.74) is 2.33. The molecule has 0 fully saturated rings. The summed E-state index contributed by atoms with van der Waals surface area (Å²) < 4.78 is 5.18. The van der Waals surface area contributed by atoms with E-state index in [0.717, 1.165) is 16.6 Å². The third kappa shape index (κ3) is 2.74. The van der Waals surface area contributed by atoms with Gasteiger partial charge in [-0.1, -0.05) is 25.1 Å². The Morgan fingerprint density at radius 2 is 2.00 bits per heavy atom. The van der Waals surface area contributed by atoms with Gasteiger partial charge in [0.1, 0.15) is 0 Å². The largest absolute Gasteiger partial charge is 0.454 e. The summed E-state index contributed by atoms with van der Waals surface area (Å²) in [4.78, 5) is 27.2. The van der Waals surface area contributed by atoms with Crippen LogP contribution in [0.25, 0.3) is 10.9 Å². The quantitative estimate of drug-likeness (QED) is 0.671. The molecule has 2 aromatic rings. The second-order valence-corrected chi connectivity index (χ2v) is 4.92. The first-order valence-electron chi connectivity index (χ1n) is 6.85. The zero-order chi connectivity index (χ0) is 14.7. The van der Waals surface area contributed by atoms with Gasteiger partial charge in [-0.25, -0.2) is 0 Å². The summed E-state index contributed by atoms with van der Waals surface area (Å²) in [5.74, 6) is -0.491. The van der Waals surface area contributed by atoms with Gasteiger partial charge < -0.3 is 9.72 Å². The van der Waals surface area contributed by atoms with Crippen LogP contribution in [-0.4, -0.2) is 22.8 Å². The van der Waals surface area contributed by atoms with Crippen LogP contribution in [0.2, 0.25) is 0 Å². The Bertz CT molecular complexity index is 642. The monoisotopic (exact) mass is 273 g/mol. The molecule has 0 aliphatic rings. The van der Waals surface area contributed by atoms with Crippen molar-refractivity contribution in [3.8, 4) is 0 Å². The summed E-state index contributed by atoms with van der Waals surface area (Å²) in [6.45, 7) is 5.38. The number of nitrogens with one attached hydrogen (secondary N) is 1. The maximum absolute atomic E-state index is 12.5. The van der Waals surface area contributed by atoms with Gasteiger partial charge in [0.05, 0.1) is 0 Å². The van der Waals surface area contributed by atoms with Gasteiger partial charge in [-0.05, 0) is 26.3 Å². The minimum absolute atomic E-state index is 0.163. The maximum Gasteiger partial charge on any atom is 0.306 e. The highest BCUT2D eigenvalue weighted by molar-refractivity contribution is 6.11. The number of H-pyrrole nitrogens is 1. The minimum atomic E-state index is -0.757. The molecule has 20 heavy (non-hydrogen) atoms. The fraction of sp³-hybridized carbons (Fsp3) is 0.375. The van der Waals surface area contributed by atoms with Crippen molar-refractivity contribution in [2.45, 2.75) is 39.7 Å². The van der Waals surface area contributed by atoms with E-state index in [9.17, 15) is 9.59 Å². The Morgan fingerprint density at radius 1 is 1.30 bits per heavy atom. The number of carbonyl (C=O) groups excluding carboxylic acids is 2. The van der Waals surface area contributed by atoms with Gasteiger partial charge in [0.25, 0.3) is 0 Å².